The maximum atomic E-state index is 12.9. The van der Waals surface area contributed by atoms with Gasteiger partial charge in [-0.1, -0.05) is 23.4 Å². The minimum Gasteiger partial charge on any atom is -0.488 e. The van der Waals surface area contributed by atoms with Gasteiger partial charge in [0.1, 0.15) is 12.4 Å². The number of hydrogen-bond acceptors (Lipinski definition) is 4. The molecular formula is C19H13F3N2O3. The number of fused-ring (bicyclic) bond motifs is 3. The Morgan fingerprint density at radius 1 is 1.15 bits per heavy atom. The Hall–Kier alpha value is -3.29. The third-order valence-electron chi connectivity index (χ3n) is 4.36. The maximum absolute atomic E-state index is 12.9. The van der Waals surface area contributed by atoms with Crippen LogP contribution in [0.2, 0.25) is 0 Å². The van der Waals surface area contributed by atoms with Gasteiger partial charge in [0.25, 0.3) is 5.91 Å². The second kappa shape index (κ2) is 6.15. The first kappa shape index (κ1) is 17.1. The number of hydrogen-bond donors (Lipinski definition) is 0. The Kier molecular flexibility index (Phi) is 3.91. The van der Waals surface area contributed by atoms with Gasteiger partial charge in [0.15, 0.2) is 11.5 Å². The van der Waals surface area contributed by atoms with Crippen LogP contribution < -0.4 is 9.64 Å². The van der Waals surface area contributed by atoms with Crippen molar-refractivity contribution in [1.29, 1.82) is 0 Å². The molecule has 2 aromatic carbocycles. The zero-order chi connectivity index (χ0) is 19.2. The van der Waals surface area contributed by atoms with Gasteiger partial charge in [-0.05, 0) is 30.3 Å². The van der Waals surface area contributed by atoms with Crippen LogP contribution in [0, 0.1) is 0 Å². The first-order chi connectivity index (χ1) is 12.9. The monoisotopic (exact) mass is 374 g/mol. The summed E-state index contributed by atoms with van der Waals surface area (Å²) in [6.07, 6.45) is -4.50. The molecule has 4 rings (SSSR count). The molecule has 1 amide bonds. The number of anilines is 1. The highest BCUT2D eigenvalue weighted by atomic mass is 19.4. The molecule has 5 nitrogen and oxygen atoms in total. The highest BCUT2D eigenvalue weighted by molar-refractivity contribution is 6.06. The molecule has 1 aliphatic rings. The van der Waals surface area contributed by atoms with Crippen LogP contribution in [0.15, 0.2) is 53.1 Å². The molecular weight excluding hydrogens is 361 g/mol. The van der Waals surface area contributed by atoms with Crippen molar-refractivity contribution in [2.75, 3.05) is 11.9 Å². The number of carbonyl (C=O) groups excluding carboxylic acids is 1. The van der Waals surface area contributed by atoms with E-state index in [2.05, 4.69) is 5.16 Å². The van der Waals surface area contributed by atoms with Crippen LogP contribution in [-0.2, 0) is 12.8 Å². The number of rotatable bonds is 2. The van der Waals surface area contributed by atoms with Crippen LogP contribution in [0.3, 0.4) is 0 Å². The van der Waals surface area contributed by atoms with Gasteiger partial charge in [-0.2, -0.15) is 13.2 Å². The van der Waals surface area contributed by atoms with Crippen molar-refractivity contribution < 1.29 is 27.2 Å². The van der Waals surface area contributed by atoms with Crippen LogP contribution in [0.25, 0.3) is 11.3 Å². The topological polar surface area (TPSA) is 55.6 Å². The van der Waals surface area contributed by atoms with Crippen LogP contribution >= 0.6 is 0 Å². The van der Waals surface area contributed by atoms with Crippen molar-refractivity contribution in [3.8, 4) is 17.1 Å². The summed E-state index contributed by atoms with van der Waals surface area (Å²) in [5.74, 6) is 0.464. The van der Waals surface area contributed by atoms with Crippen LogP contribution in [0.1, 0.15) is 21.6 Å². The number of halogens is 3. The minimum atomic E-state index is -4.50. The highest BCUT2D eigenvalue weighted by Crippen LogP contribution is 2.39. The first-order valence-electron chi connectivity index (χ1n) is 8.02. The van der Waals surface area contributed by atoms with E-state index in [1.807, 2.05) is 6.07 Å². The summed E-state index contributed by atoms with van der Waals surface area (Å²) >= 11 is 0. The quantitative estimate of drug-likeness (QED) is 0.661. The van der Waals surface area contributed by atoms with Gasteiger partial charge in [-0.15, -0.1) is 0 Å². The van der Waals surface area contributed by atoms with E-state index < -0.39 is 17.6 Å². The van der Waals surface area contributed by atoms with E-state index in [0.717, 1.165) is 17.0 Å². The summed E-state index contributed by atoms with van der Waals surface area (Å²) in [6.45, 7) is 0.0906. The Labute approximate surface area is 151 Å². The van der Waals surface area contributed by atoms with Crippen molar-refractivity contribution in [3.05, 3.63) is 65.4 Å². The predicted octanol–water partition coefficient (Wildman–Crippen LogP) is 4.53. The average molecular weight is 374 g/mol. The summed E-state index contributed by atoms with van der Waals surface area (Å²) in [5.41, 5.74) is 0.423. The number of amides is 1. The number of aromatic nitrogens is 1. The molecule has 1 aliphatic heterocycles. The maximum Gasteiger partial charge on any atom is 0.416 e. The number of carbonyl (C=O) groups is 1. The molecule has 1 aromatic heterocycles. The summed E-state index contributed by atoms with van der Waals surface area (Å²) in [6, 6.07) is 11.7. The van der Waals surface area contributed by atoms with Gasteiger partial charge in [0.2, 0.25) is 0 Å². The molecule has 2 heterocycles. The Balaban J connectivity index is 1.68. The van der Waals surface area contributed by atoms with Crippen molar-refractivity contribution in [2.45, 2.75) is 12.8 Å². The smallest absolute Gasteiger partial charge is 0.416 e. The van der Waals surface area contributed by atoms with E-state index in [0.29, 0.717) is 22.6 Å². The average Bonchev–Trinajstić information content (AvgIpc) is 3.11. The van der Waals surface area contributed by atoms with E-state index in [4.69, 9.17) is 9.26 Å². The Morgan fingerprint density at radius 2 is 1.93 bits per heavy atom. The standard InChI is InChI=1S/C19H13F3N2O3/c1-24(12-6-4-5-11(9-12)19(20,21)22)18(25)16-14-10-26-15-8-3-2-7-13(15)17(14)27-23-16/h2-9H,10H2,1H3. The van der Waals surface area contributed by atoms with E-state index in [-0.39, 0.29) is 18.0 Å². The molecule has 0 spiro atoms. The largest absolute Gasteiger partial charge is 0.488 e. The molecule has 0 saturated heterocycles. The molecule has 8 heteroatoms. The molecule has 138 valence electrons. The molecule has 0 radical (unpaired) electrons. The van der Waals surface area contributed by atoms with Gasteiger partial charge < -0.3 is 14.2 Å². The zero-order valence-corrected chi connectivity index (χ0v) is 14.1. The number of benzene rings is 2. The third-order valence-corrected chi connectivity index (χ3v) is 4.36. The van der Waals surface area contributed by atoms with Crippen molar-refractivity contribution in [2.24, 2.45) is 0 Å². The lowest BCUT2D eigenvalue weighted by Crippen LogP contribution is -2.28. The fourth-order valence-electron chi connectivity index (χ4n) is 2.92. The van der Waals surface area contributed by atoms with Gasteiger partial charge in [-0.3, -0.25) is 4.79 Å². The van der Waals surface area contributed by atoms with Crippen molar-refractivity contribution in [3.63, 3.8) is 0 Å². The van der Waals surface area contributed by atoms with Crippen LogP contribution in [-0.4, -0.2) is 18.1 Å². The van der Waals surface area contributed by atoms with Gasteiger partial charge in [-0.25, -0.2) is 0 Å². The summed E-state index contributed by atoms with van der Waals surface area (Å²) < 4.78 is 49.7. The number of alkyl halides is 3. The lowest BCUT2D eigenvalue weighted by molar-refractivity contribution is -0.137. The summed E-state index contributed by atoms with van der Waals surface area (Å²) in [4.78, 5) is 13.9. The molecule has 0 fully saturated rings. The second-order valence-electron chi connectivity index (χ2n) is 6.04. The summed E-state index contributed by atoms with van der Waals surface area (Å²) in [5, 5.41) is 3.85. The van der Waals surface area contributed by atoms with Gasteiger partial charge in [0.05, 0.1) is 16.7 Å². The molecule has 0 N–H and O–H groups in total. The lowest BCUT2D eigenvalue weighted by Gasteiger charge is -2.19. The number of nitrogens with zero attached hydrogens (tertiary/aromatic N) is 2. The molecule has 0 saturated carbocycles. The molecule has 3 aromatic rings. The van der Waals surface area contributed by atoms with Crippen LogP contribution in [0.4, 0.5) is 18.9 Å². The third kappa shape index (κ3) is 2.92. The van der Waals surface area contributed by atoms with E-state index in [1.165, 1.54) is 19.2 Å². The fourth-order valence-corrected chi connectivity index (χ4v) is 2.92. The Morgan fingerprint density at radius 3 is 2.70 bits per heavy atom. The number of para-hydroxylation sites is 1. The van der Waals surface area contributed by atoms with Crippen molar-refractivity contribution in [1.82, 2.24) is 5.16 Å². The van der Waals surface area contributed by atoms with E-state index in [1.54, 1.807) is 18.2 Å². The SMILES string of the molecule is CN(C(=O)c1noc2c1COc1ccccc1-2)c1cccc(C(F)(F)F)c1. The van der Waals surface area contributed by atoms with E-state index >= 15 is 0 Å². The minimum absolute atomic E-state index is 0.0133. The Bertz CT molecular complexity index is 1030. The molecule has 0 aliphatic carbocycles. The lowest BCUT2D eigenvalue weighted by atomic mass is 10.0. The van der Waals surface area contributed by atoms with Gasteiger partial charge in [0, 0.05) is 12.7 Å². The molecule has 27 heavy (non-hydrogen) atoms. The normalized spacial score (nSPS) is 12.7. The highest BCUT2D eigenvalue weighted by Gasteiger charge is 2.33. The predicted molar refractivity (Wildman–Crippen MR) is 90.4 cm³/mol. The second-order valence-corrected chi connectivity index (χ2v) is 6.04. The van der Waals surface area contributed by atoms with Gasteiger partial charge >= 0.3 is 6.18 Å². The fraction of sp³-hybridized carbons (Fsp3) is 0.158. The molecule has 0 unspecified atom stereocenters. The molecule has 0 bridgehead atoms. The first-order valence-corrected chi connectivity index (χ1v) is 8.02. The van der Waals surface area contributed by atoms with Crippen molar-refractivity contribution >= 4 is 11.6 Å². The zero-order valence-electron chi connectivity index (χ0n) is 14.1. The van der Waals surface area contributed by atoms with E-state index in [9.17, 15) is 18.0 Å². The summed E-state index contributed by atoms with van der Waals surface area (Å²) in [7, 11) is 1.39. The van der Waals surface area contributed by atoms with Crippen LogP contribution in [0.5, 0.6) is 5.75 Å². The molecule has 0 atom stereocenters. The number of ether oxygens (including phenoxy) is 1.